The summed E-state index contributed by atoms with van der Waals surface area (Å²) in [6.45, 7) is 1.66. The van der Waals surface area contributed by atoms with Gasteiger partial charge in [-0.2, -0.15) is 0 Å². The fourth-order valence-corrected chi connectivity index (χ4v) is 4.04. The maximum atomic E-state index is 12.7. The normalized spacial score (nSPS) is 15.9. The van der Waals surface area contributed by atoms with E-state index in [0.717, 1.165) is 11.1 Å². The van der Waals surface area contributed by atoms with Gasteiger partial charge < -0.3 is 14.4 Å². The van der Waals surface area contributed by atoms with Gasteiger partial charge in [-0.15, -0.1) is 0 Å². The fourth-order valence-electron chi connectivity index (χ4n) is 4.04. The van der Waals surface area contributed by atoms with Crippen LogP contribution in [0, 0.1) is 16.0 Å². The Balaban J connectivity index is 1.38. The van der Waals surface area contributed by atoms with Crippen molar-refractivity contribution >= 4 is 29.0 Å². The third-order valence-corrected chi connectivity index (χ3v) is 6.09. The van der Waals surface area contributed by atoms with E-state index in [-0.39, 0.29) is 30.3 Å². The van der Waals surface area contributed by atoms with Crippen LogP contribution in [-0.2, 0) is 14.3 Å². The van der Waals surface area contributed by atoms with E-state index >= 15 is 0 Å². The lowest BCUT2D eigenvalue weighted by Gasteiger charge is -2.18. The lowest BCUT2D eigenvalue weighted by molar-refractivity contribution is -0.384. The van der Waals surface area contributed by atoms with E-state index in [9.17, 15) is 24.5 Å². The van der Waals surface area contributed by atoms with Crippen LogP contribution < -0.4 is 9.64 Å². The number of benzene rings is 3. The van der Waals surface area contributed by atoms with Gasteiger partial charge in [0.25, 0.3) is 5.69 Å². The Bertz CT molecular complexity index is 1290. The van der Waals surface area contributed by atoms with E-state index in [1.807, 2.05) is 12.1 Å². The first-order valence-corrected chi connectivity index (χ1v) is 11.3. The van der Waals surface area contributed by atoms with Crippen molar-refractivity contribution < 1.29 is 28.8 Å². The number of nitro benzene ring substituents is 1. The van der Waals surface area contributed by atoms with Crippen LogP contribution in [0.2, 0.25) is 0 Å². The molecular formula is C27H24N2O7. The van der Waals surface area contributed by atoms with Gasteiger partial charge in [0.05, 0.1) is 18.0 Å². The van der Waals surface area contributed by atoms with Crippen LogP contribution in [0.3, 0.4) is 0 Å². The SMILES string of the molecule is COc1ccc(C(=O)[C@@H](C)OC(=O)[C@H]2CC(=O)N(c3ccc(-c4ccc([N+](=O)[O-])cc4)cc3)C2)cc1. The molecule has 0 bridgehead atoms. The number of Topliss-reactive ketones (excluding diaryl/α,β-unsaturated/α-hetero) is 1. The molecule has 0 aromatic heterocycles. The van der Waals surface area contributed by atoms with Crippen LogP contribution in [0.4, 0.5) is 11.4 Å². The molecule has 1 saturated heterocycles. The number of nitrogens with zero attached hydrogens (tertiary/aromatic N) is 2. The molecule has 0 saturated carbocycles. The highest BCUT2D eigenvalue weighted by Crippen LogP contribution is 2.29. The number of rotatable bonds is 8. The van der Waals surface area contributed by atoms with Gasteiger partial charge in [-0.3, -0.25) is 24.5 Å². The van der Waals surface area contributed by atoms with Crippen LogP contribution in [0.15, 0.2) is 72.8 Å². The summed E-state index contributed by atoms with van der Waals surface area (Å²) >= 11 is 0. The number of amides is 1. The molecule has 1 amide bonds. The fraction of sp³-hybridized carbons (Fsp3) is 0.222. The molecule has 0 spiro atoms. The van der Waals surface area contributed by atoms with Crippen molar-refractivity contribution in [3.8, 4) is 16.9 Å². The van der Waals surface area contributed by atoms with Crippen molar-refractivity contribution in [3.63, 3.8) is 0 Å². The van der Waals surface area contributed by atoms with Crippen LogP contribution in [0.5, 0.6) is 5.75 Å². The van der Waals surface area contributed by atoms with Crippen LogP contribution in [0.25, 0.3) is 11.1 Å². The summed E-state index contributed by atoms with van der Waals surface area (Å²) in [5.41, 5.74) is 2.67. The van der Waals surface area contributed by atoms with Gasteiger partial charge in [-0.05, 0) is 66.6 Å². The van der Waals surface area contributed by atoms with Gasteiger partial charge in [-0.1, -0.05) is 12.1 Å². The number of ether oxygens (including phenoxy) is 2. The highest BCUT2D eigenvalue weighted by atomic mass is 16.6. The average Bonchev–Trinajstić information content (AvgIpc) is 3.30. The van der Waals surface area contributed by atoms with Gasteiger partial charge in [0.1, 0.15) is 5.75 Å². The van der Waals surface area contributed by atoms with Crippen LogP contribution >= 0.6 is 0 Å². The Morgan fingerprint density at radius 3 is 2.11 bits per heavy atom. The molecule has 4 rings (SSSR count). The van der Waals surface area contributed by atoms with E-state index in [1.165, 1.54) is 31.1 Å². The minimum Gasteiger partial charge on any atom is -0.497 e. The zero-order valence-corrected chi connectivity index (χ0v) is 19.7. The Kier molecular flexibility index (Phi) is 7.10. The van der Waals surface area contributed by atoms with Crippen molar-refractivity contribution in [2.75, 3.05) is 18.6 Å². The van der Waals surface area contributed by atoms with E-state index in [1.54, 1.807) is 48.5 Å². The second-order valence-corrected chi connectivity index (χ2v) is 8.43. The first-order chi connectivity index (χ1) is 17.3. The molecule has 3 aromatic carbocycles. The molecule has 1 aliphatic heterocycles. The summed E-state index contributed by atoms with van der Waals surface area (Å²) in [5.74, 6) is -1.22. The Morgan fingerprint density at radius 1 is 0.972 bits per heavy atom. The molecule has 1 heterocycles. The molecule has 36 heavy (non-hydrogen) atoms. The number of carbonyl (C=O) groups is 3. The highest BCUT2D eigenvalue weighted by Gasteiger charge is 2.37. The molecule has 0 aliphatic carbocycles. The molecule has 9 heteroatoms. The number of non-ortho nitro benzene ring substituents is 1. The molecule has 2 atom stereocenters. The maximum absolute atomic E-state index is 12.7. The predicted octanol–water partition coefficient (Wildman–Crippen LogP) is 4.44. The third-order valence-electron chi connectivity index (χ3n) is 6.09. The largest absolute Gasteiger partial charge is 0.497 e. The molecule has 3 aromatic rings. The van der Waals surface area contributed by atoms with Gasteiger partial charge in [-0.25, -0.2) is 0 Å². The number of hydrogen-bond acceptors (Lipinski definition) is 7. The Morgan fingerprint density at radius 2 is 1.56 bits per heavy atom. The number of nitro groups is 1. The molecule has 184 valence electrons. The maximum Gasteiger partial charge on any atom is 0.312 e. The molecule has 1 fully saturated rings. The van der Waals surface area contributed by atoms with Gasteiger partial charge in [0, 0.05) is 36.3 Å². The molecule has 0 radical (unpaired) electrons. The molecule has 0 unspecified atom stereocenters. The first kappa shape index (κ1) is 24.6. The summed E-state index contributed by atoms with van der Waals surface area (Å²) in [5, 5.41) is 10.8. The van der Waals surface area contributed by atoms with E-state index in [2.05, 4.69) is 0 Å². The lowest BCUT2D eigenvalue weighted by atomic mass is 10.0. The van der Waals surface area contributed by atoms with Crippen molar-refractivity contribution in [2.24, 2.45) is 5.92 Å². The van der Waals surface area contributed by atoms with Crippen molar-refractivity contribution in [3.05, 3.63) is 88.5 Å². The summed E-state index contributed by atoms with van der Waals surface area (Å²) < 4.78 is 10.5. The topological polar surface area (TPSA) is 116 Å². The quantitative estimate of drug-likeness (QED) is 0.199. The molecule has 9 nitrogen and oxygen atoms in total. The summed E-state index contributed by atoms with van der Waals surface area (Å²) in [7, 11) is 1.53. The van der Waals surface area contributed by atoms with Crippen molar-refractivity contribution in [2.45, 2.75) is 19.4 Å². The monoisotopic (exact) mass is 488 g/mol. The first-order valence-electron chi connectivity index (χ1n) is 11.3. The minimum absolute atomic E-state index is 0.00756. The minimum atomic E-state index is -0.990. The van der Waals surface area contributed by atoms with Crippen LogP contribution in [-0.4, -0.2) is 42.3 Å². The van der Waals surface area contributed by atoms with Crippen LogP contribution in [0.1, 0.15) is 23.7 Å². The van der Waals surface area contributed by atoms with Crippen molar-refractivity contribution in [1.29, 1.82) is 0 Å². The molecule has 0 N–H and O–H groups in total. The number of esters is 1. The lowest BCUT2D eigenvalue weighted by Crippen LogP contribution is -2.30. The predicted molar refractivity (Wildman–Crippen MR) is 132 cm³/mol. The zero-order chi connectivity index (χ0) is 25.8. The number of hydrogen-bond donors (Lipinski definition) is 0. The second-order valence-electron chi connectivity index (χ2n) is 8.43. The molecular weight excluding hydrogens is 464 g/mol. The number of ketones is 1. The third kappa shape index (κ3) is 5.25. The Labute approximate surface area is 207 Å². The van der Waals surface area contributed by atoms with Gasteiger partial charge >= 0.3 is 5.97 Å². The second kappa shape index (κ2) is 10.4. The number of carbonyl (C=O) groups excluding carboxylic acids is 3. The van der Waals surface area contributed by atoms with E-state index in [0.29, 0.717) is 17.0 Å². The van der Waals surface area contributed by atoms with Gasteiger partial charge in [0.2, 0.25) is 11.7 Å². The summed E-state index contributed by atoms with van der Waals surface area (Å²) in [6, 6.07) is 19.9. The summed E-state index contributed by atoms with van der Waals surface area (Å²) in [6.07, 6.45) is -0.997. The zero-order valence-electron chi connectivity index (χ0n) is 19.7. The van der Waals surface area contributed by atoms with E-state index < -0.39 is 22.9 Å². The standard InChI is InChI=1S/C27H24N2O7/c1-17(26(31)20-7-13-24(35-2)14-8-20)36-27(32)21-15-25(30)28(16-21)22-9-3-18(4-10-22)19-5-11-23(12-6-19)29(33)34/h3-14,17,21H,15-16H2,1-2H3/t17-,21+/m1/s1. The smallest absolute Gasteiger partial charge is 0.312 e. The number of methoxy groups -OCH3 is 1. The summed E-state index contributed by atoms with van der Waals surface area (Å²) in [4.78, 5) is 49.8. The van der Waals surface area contributed by atoms with Gasteiger partial charge in [0.15, 0.2) is 6.10 Å². The number of anilines is 1. The molecule has 1 aliphatic rings. The van der Waals surface area contributed by atoms with E-state index in [4.69, 9.17) is 9.47 Å². The average molecular weight is 488 g/mol. The highest BCUT2D eigenvalue weighted by molar-refractivity contribution is 6.02. The van der Waals surface area contributed by atoms with Crippen molar-refractivity contribution in [1.82, 2.24) is 0 Å². The Hall–Kier alpha value is -4.53.